The van der Waals surface area contributed by atoms with E-state index in [-0.39, 0.29) is 18.5 Å². The number of aliphatic hydroxyl groups is 2. The van der Waals surface area contributed by atoms with E-state index in [1.54, 1.807) is 6.08 Å². The van der Waals surface area contributed by atoms with Crippen LogP contribution in [0, 0.1) is 0 Å². The number of nitrogens with one attached hydrogen (secondary N) is 1. The van der Waals surface area contributed by atoms with Crippen LogP contribution in [0.4, 0.5) is 0 Å². The van der Waals surface area contributed by atoms with Crippen LogP contribution < -0.4 is 5.32 Å². The molecule has 394 valence electrons. The Morgan fingerprint density at radius 2 is 0.776 bits per heavy atom. The Kier molecular flexibility index (Phi) is 55.0. The van der Waals surface area contributed by atoms with Crippen LogP contribution in [0.15, 0.2) is 36.5 Å². The second-order valence-electron chi connectivity index (χ2n) is 20.3. The number of ether oxygens (including phenoxy) is 1. The Morgan fingerprint density at radius 3 is 1.19 bits per heavy atom. The van der Waals surface area contributed by atoms with Crippen LogP contribution in [0.1, 0.15) is 316 Å². The summed E-state index contributed by atoms with van der Waals surface area (Å²) >= 11 is 0. The van der Waals surface area contributed by atoms with Gasteiger partial charge in [0.1, 0.15) is 0 Å². The topological polar surface area (TPSA) is 95.9 Å². The lowest BCUT2D eigenvalue weighted by molar-refractivity contribution is -0.143. The van der Waals surface area contributed by atoms with Gasteiger partial charge in [0.15, 0.2) is 0 Å². The summed E-state index contributed by atoms with van der Waals surface area (Å²) in [5.41, 5.74) is 0. The van der Waals surface area contributed by atoms with Gasteiger partial charge in [0, 0.05) is 12.8 Å². The highest BCUT2D eigenvalue weighted by molar-refractivity contribution is 5.76. The first-order chi connectivity index (χ1) is 33.0. The van der Waals surface area contributed by atoms with Gasteiger partial charge >= 0.3 is 5.97 Å². The molecule has 6 heteroatoms. The van der Waals surface area contributed by atoms with Gasteiger partial charge in [0.2, 0.25) is 5.91 Å². The van der Waals surface area contributed by atoms with Gasteiger partial charge < -0.3 is 20.3 Å². The maximum Gasteiger partial charge on any atom is 0.305 e. The molecule has 0 spiro atoms. The second kappa shape index (κ2) is 56.7. The van der Waals surface area contributed by atoms with Crippen LogP contribution in [0.3, 0.4) is 0 Å². The van der Waals surface area contributed by atoms with Crippen LogP contribution in [0.5, 0.6) is 0 Å². The molecule has 0 saturated heterocycles. The molecule has 0 aliphatic rings. The van der Waals surface area contributed by atoms with Gasteiger partial charge in [-0.2, -0.15) is 0 Å². The minimum atomic E-state index is -0.844. The molecule has 3 N–H and O–H groups in total. The Hall–Kier alpha value is -1.92. The molecule has 0 aliphatic heterocycles. The van der Waals surface area contributed by atoms with Crippen molar-refractivity contribution in [3.8, 4) is 0 Å². The smallest absolute Gasteiger partial charge is 0.305 e. The van der Waals surface area contributed by atoms with Gasteiger partial charge in [-0.25, -0.2) is 0 Å². The van der Waals surface area contributed by atoms with Crippen LogP contribution in [-0.2, 0) is 14.3 Å². The summed E-state index contributed by atoms with van der Waals surface area (Å²) in [7, 11) is 0. The van der Waals surface area contributed by atoms with Gasteiger partial charge in [-0.15, -0.1) is 0 Å². The third-order valence-electron chi connectivity index (χ3n) is 13.6. The summed E-state index contributed by atoms with van der Waals surface area (Å²) in [6.07, 6.45) is 70.3. The number of allylic oxidation sites excluding steroid dienone is 5. The number of hydrogen-bond acceptors (Lipinski definition) is 5. The van der Waals surface area contributed by atoms with Crippen molar-refractivity contribution < 1.29 is 24.5 Å². The number of rotatable bonds is 55. The molecule has 0 bridgehead atoms. The van der Waals surface area contributed by atoms with E-state index in [0.29, 0.717) is 19.4 Å². The molecular formula is C61H115NO5. The Bertz CT molecular complexity index is 1090. The fourth-order valence-electron chi connectivity index (χ4n) is 9.08. The Morgan fingerprint density at radius 1 is 0.418 bits per heavy atom. The van der Waals surface area contributed by atoms with E-state index in [2.05, 4.69) is 43.5 Å². The molecule has 0 rings (SSSR count). The lowest BCUT2D eigenvalue weighted by Crippen LogP contribution is -2.45. The minimum absolute atomic E-state index is 0.00170. The number of esters is 1. The summed E-state index contributed by atoms with van der Waals surface area (Å²) in [4.78, 5) is 24.5. The maximum absolute atomic E-state index is 12.5. The standard InChI is InChI=1S/C61H115NO5/c1-3-5-7-9-11-13-15-17-30-33-37-41-45-49-53-59(64)58(57-63)62-60(65)54-50-46-42-38-34-31-27-25-23-21-19-18-20-22-24-26-28-32-36-40-44-48-52-56-67-61(66)55-51-47-43-39-35-29-16-14-12-10-8-6-4-2/h8,10,14,16,49,53,58-59,63-64H,3-7,9,11-13,15,17-48,50-52,54-57H2,1-2H3,(H,62,65)/b10-8-,16-14-,53-49+. The summed E-state index contributed by atoms with van der Waals surface area (Å²) in [5, 5.41) is 23.1. The van der Waals surface area contributed by atoms with E-state index in [0.717, 1.165) is 51.4 Å². The van der Waals surface area contributed by atoms with Gasteiger partial charge in [0.05, 0.1) is 25.4 Å². The molecule has 0 aromatic rings. The molecule has 0 aliphatic carbocycles. The number of hydrogen-bond donors (Lipinski definition) is 3. The van der Waals surface area contributed by atoms with Gasteiger partial charge in [0.25, 0.3) is 0 Å². The van der Waals surface area contributed by atoms with E-state index in [9.17, 15) is 19.8 Å². The average molecular weight is 943 g/mol. The Balaban J connectivity index is 3.40. The molecule has 2 unspecified atom stereocenters. The predicted octanol–water partition coefficient (Wildman–Crippen LogP) is 18.4. The molecule has 0 heterocycles. The molecule has 0 aromatic carbocycles. The van der Waals surface area contributed by atoms with Crippen molar-refractivity contribution in [2.24, 2.45) is 0 Å². The van der Waals surface area contributed by atoms with Crippen molar-refractivity contribution >= 4 is 11.9 Å². The summed E-state index contributed by atoms with van der Waals surface area (Å²) in [5.74, 6) is -0.0688. The van der Waals surface area contributed by atoms with E-state index in [1.165, 1.54) is 238 Å². The van der Waals surface area contributed by atoms with Gasteiger partial charge in [-0.1, -0.05) is 281 Å². The fraction of sp³-hybridized carbons (Fsp3) is 0.869. The second-order valence-corrected chi connectivity index (χ2v) is 20.3. The van der Waals surface area contributed by atoms with Crippen LogP contribution in [0.2, 0.25) is 0 Å². The number of unbranched alkanes of at least 4 members (excludes halogenated alkanes) is 40. The van der Waals surface area contributed by atoms with Gasteiger partial charge in [-0.05, 0) is 57.8 Å². The normalized spacial score (nSPS) is 12.8. The molecule has 0 fully saturated rings. The summed E-state index contributed by atoms with van der Waals surface area (Å²) in [6.45, 7) is 4.84. The number of carbonyl (C=O) groups is 2. The number of aliphatic hydroxyl groups excluding tert-OH is 2. The zero-order valence-corrected chi connectivity index (χ0v) is 44.9. The lowest BCUT2D eigenvalue weighted by atomic mass is 10.0. The molecule has 6 nitrogen and oxygen atoms in total. The van der Waals surface area contributed by atoms with Crippen molar-refractivity contribution in [3.05, 3.63) is 36.5 Å². The summed E-state index contributed by atoms with van der Waals surface area (Å²) < 4.78 is 5.47. The highest BCUT2D eigenvalue weighted by Crippen LogP contribution is 2.17. The third-order valence-corrected chi connectivity index (χ3v) is 13.6. The monoisotopic (exact) mass is 942 g/mol. The number of amides is 1. The molecule has 1 amide bonds. The van der Waals surface area contributed by atoms with Crippen molar-refractivity contribution in [2.75, 3.05) is 13.2 Å². The van der Waals surface area contributed by atoms with Crippen molar-refractivity contribution in [3.63, 3.8) is 0 Å². The molecule has 67 heavy (non-hydrogen) atoms. The third kappa shape index (κ3) is 53.3. The maximum atomic E-state index is 12.5. The number of carbonyl (C=O) groups excluding carboxylic acids is 2. The van der Waals surface area contributed by atoms with Crippen molar-refractivity contribution in [1.82, 2.24) is 5.32 Å². The fourth-order valence-corrected chi connectivity index (χ4v) is 9.08. The highest BCUT2D eigenvalue weighted by atomic mass is 16.5. The van der Waals surface area contributed by atoms with Crippen LogP contribution >= 0.6 is 0 Å². The minimum Gasteiger partial charge on any atom is -0.466 e. The lowest BCUT2D eigenvalue weighted by Gasteiger charge is -2.20. The zero-order chi connectivity index (χ0) is 48.6. The van der Waals surface area contributed by atoms with Crippen molar-refractivity contribution in [2.45, 2.75) is 328 Å². The zero-order valence-electron chi connectivity index (χ0n) is 44.9. The highest BCUT2D eigenvalue weighted by Gasteiger charge is 2.18. The van der Waals surface area contributed by atoms with Gasteiger partial charge in [-0.3, -0.25) is 9.59 Å². The summed E-state index contributed by atoms with van der Waals surface area (Å²) in [6, 6.07) is -0.627. The first-order valence-electron chi connectivity index (χ1n) is 29.8. The average Bonchev–Trinajstić information content (AvgIpc) is 3.33. The quantitative estimate of drug-likeness (QED) is 0.0321. The van der Waals surface area contributed by atoms with E-state index < -0.39 is 12.1 Å². The predicted molar refractivity (Wildman–Crippen MR) is 292 cm³/mol. The van der Waals surface area contributed by atoms with E-state index in [1.807, 2.05) is 6.08 Å². The van der Waals surface area contributed by atoms with Crippen LogP contribution in [-0.4, -0.2) is 47.4 Å². The first kappa shape index (κ1) is 65.1. The molecule has 2 atom stereocenters. The Labute approximate surface area is 417 Å². The molecule has 0 aromatic heterocycles. The van der Waals surface area contributed by atoms with E-state index >= 15 is 0 Å². The van der Waals surface area contributed by atoms with Crippen molar-refractivity contribution in [1.29, 1.82) is 0 Å². The first-order valence-corrected chi connectivity index (χ1v) is 29.8. The van der Waals surface area contributed by atoms with Crippen LogP contribution in [0.25, 0.3) is 0 Å². The SMILES string of the molecule is CCC/C=C\C/C=C\CCCCCCCC(=O)OCCCCCCCCCCCCCCCCCCCCCCCCCC(=O)NC(CO)C(O)/C=C/CCCCCCCCCCCCCC. The molecule has 0 radical (unpaired) electrons. The van der Waals surface area contributed by atoms with E-state index in [4.69, 9.17) is 4.74 Å². The largest absolute Gasteiger partial charge is 0.466 e. The molecule has 0 saturated carbocycles. The molecular weight excluding hydrogens is 827 g/mol.